The highest BCUT2D eigenvalue weighted by Gasteiger charge is 2.08. The van der Waals surface area contributed by atoms with Crippen molar-refractivity contribution in [3.05, 3.63) is 12.7 Å². The molecule has 0 aliphatic heterocycles. The predicted octanol–water partition coefficient (Wildman–Crippen LogP) is 1.96. The number of hydrogen-bond acceptors (Lipinski definition) is 2. The van der Waals surface area contributed by atoms with Gasteiger partial charge in [0.15, 0.2) is 0 Å². The fraction of sp³-hybridized carbons (Fsp3) is 0.750. The van der Waals surface area contributed by atoms with Crippen LogP contribution in [0, 0.1) is 0 Å². The van der Waals surface area contributed by atoms with Gasteiger partial charge in [0.05, 0.1) is 12.2 Å². The molecule has 0 saturated heterocycles. The fourth-order valence-corrected chi connectivity index (χ4v) is 0.350. The molecule has 0 aliphatic carbocycles. The Morgan fingerprint density at radius 2 is 2.00 bits per heavy atom. The SMILES string of the molecule is C=CCOCOC(C)(C)C. The van der Waals surface area contributed by atoms with Gasteiger partial charge in [0.25, 0.3) is 0 Å². The van der Waals surface area contributed by atoms with E-state index in [-0.39, 0.29) is 5.60 Å². The van der Waals surface area contributed by atoms with Crippen LogP contribution in [0.2, 0.25) is 0 Å². The first-order valence-electron chi connectivity index (χ1n) is 3.39. The summed E-state index contributed by atoms with van der Waals surface area (Å²) in [6.07, 6.45) is 1.70. The largest absolute Gasteiger partial charge is 0.351 e. The first kappa shape index (κ1) is 9.66. The van der Waals surface area contributed by atoms with E-state index in [2.05, 4.69) is 6.58 Å². The van der Waals surface area contributed by atoms with Gasteiger partial charge >= 0.3 is 0 Å². The molecule has 0 N–H and O–H groups in total. The molecule has 60 valence electrons. The summed E-state index contributed by atoms with van der Waals surface area (Å²) in [5.74, 6) is 0. The van der Waals surface area contributed by atoms with Crippen molar-refractivity contribution in [2.45, 2.75) is 26.4 Å². The molecule has 0 heterocycles. The summed E-state index contributed by atoms with van der Waals surface area (Å²) in [7, 11) is 0. The van der Waals surface area contributed by atoms with E-state index in [1.807, 2.05) is 20.8 Å². The molecule has 0 aliphatic rings. The molecule has 0 amide bonds. The Balaban J connectivity index is 3.12. The smallest absolute Gasteiger partial charge is 0.147 e. The van der Waals surface area contributed by atoms with E-state index in [1.54, 1.807) is 6.08 Å². The number of hydrogen-bond donors (Lipinski definition) is 0. The van der Waals surface area contributed by atoms with E-state index in [0.29, 0.717) is 13.4 Å². The van der Waals surface area contributed by atoms with Crippen molar-refractivity contribution in [2.24, 2.45) is 0 Å². The predicted molar refractivity (Wildman–Crippen MR) is 41.9 cm³/mol. The highest BCUT2D eigenvalue weighted by atomic mass is 16.7. The second-order valence-electron chi connectivity index (χ2n) is 3.03. The Morgan fingerprint density at radius 3 is 2.40 bits per heavy atom. The second-order valence-corrected chi connectivity index (χ2v) is 3.03. The summed E-state index contributed by atoms with van der Waals surface area (Å²) in [4.78, 5) is 0. The zero-order valence-corrected chi connectivity index (χ0v) is 7.02. The molecule has 10 heavy (non-hydrogen) atoms. The van der Waals surface area contributed by atoms with Crippen molar-refractivity contribution in [3.63, 3.8) is 0 Å². The molecule has 0 rings (SSSR count). The molecule has 0 atom stereocenters. The molecule has 2 nitrogen and oxygen atoms in total. The maximum Gasteiger partial charge on any atom is 0.147 e. The van der Waals surface area contributed by atoms with Crippen molar-refractivity contribution in [1.82, 2.24) is 0 Å². The van der Waals surface area contributed by atoms with Gasteiger partial charge in [-0.2, -0.15) is 0 Å². The van der Waals surface area contributed by atoms with Crippen LogP contribution in [0.1, 0.15) is 20.8 Å². The maximum atomic E-state index is 5.26. The standard InChI is InChI=1S/C8H16O2/c1-5-6-9-7-10-8(2,3)4/h5H,1,6-7H2,2-4H3. The Bertz CT molecular complexity index is 91.9. The van der Waals surface area contributed by atoms with E-state index in [4.69, 9.17) is 9.47 Å². The minimum absolute atomic E-state index is 0.110. The average Bonchev–Trinajstić information content (AvgIpc) is 1.78. The van der Waals surface area contributed by atoms with Crippen molar-refractivity contribution < 1.29 is 9.47 Å². The monoisotopic (exact) mass is 144 g/mol. The van der Waals surface area contributed by atoms with Gasteiger partial charge in [0, 0.05) is 0 Å². The number of ether oxygens (including phenoxy) is 2. The van der Waals surface area contributed by atoms with Crippen LogP contribution in [0.5, 0.6) is 0 Å². The van der Waals surface area contributed by atoms with E-state index < -0.39 is 0 Å². The van der Waals surface area contributed by atoms with Crippen LogP contribution in [0.3, 0.4) is 0 Å². The summed E-state index contributed by atoms with van der Waals surface area (Å²) in [6, 6.07) is 0. The van der Waals surface area contributed by atoms with Crippen LogP contribution in [0.25, 0.3) is 0 Å². The summed E-state index contributed by atoms with van der Waals surface area (Å²) in [6.45, 7) is 10.4. The second kappa shape index (κ2) is 4.47. The zero-order valence-electron chi connectivity index (χ0n) is 7.02. The van der Waals surface area contributed by atoms with E-state index >= 15 is 0 Å². The molecule has 0 aromatic rings. The molecular weight excluding hydrogens is 128 g/mol. The fourth-order valence-electron chi connectivity index (χ4n) is 0.350. The Labute approximate surface area is 62.8 Å². The topological polar surface area (TPSA) is 18.5 Å². The minimum Gasteiger partial charge on any atom is -0.351 e. The lowest BCUT2D eigenvalue weighted by molar-refractivity contribution is -0.113. The van der Waals surface area contributed by atoms with E-state index in [0.717, 1.165) is 0 Å². The normalized spacial score (nSPS) is 11.5. The molecule has 0 fully saturated rings. The van der Waals surface area contributed by atoms with Gasteiger partial charge in [0.1, 0.15) is 6.79 Å². The lowest BCUT2D eigenvalue weighted by Gasteiger charge is -2.18. The first-order chi connectivity index (χ1) is 4.56. The highest BCUT2D eigenvalue weighted by Crippen LogP contribution is 2.05. The van der Waals surface area contributed by atoms with Crippen LogP contribution in [-0.4, -0.2) is 19.0 Å². The van der Waals surface area contributed by atoms with Crippen LogP contribution >= 0.6 is 0 Å². The number of rotatable bonds is 4. The van der Waals surface area contributed by atoms with Gasteiger partial charge in [-0.25, -0.2) is 0 Å². The Hall–Kier alpha value is -0.340. The van der Waals surface area contributed by atoms with Crippen LogP contribution in [0.4, 0.5) is 0 Å². The van der Waals surface area contributed by atoms with Crippen LogP contribution in [-0.2, 0) is 9.47 Å². The lowest BCUT2D eigenvalue weighted by Crippen LogP contribution is -2.20. The summed E-state index contributed by atoms with van der Waals surface area (Å²) in [5, 5.41) is 0. The van der Waals surface area contributed by atoms with E-state index in [9.17, 15) is 0 Å². The zero-order chi connectivity index (χ0) is 8.04. The maximum absolute atomic E-state index is 5.26. The van der Waals surface area contributed by atoms with Crippen molar-refractivity contribution >= 4 is 0 Å². The molecule has 0 radical (unpaired) electrons. The molecular formula is C8H16O2. The van der Waals surface area contributed by atoms with Gasteiger partial charge < -0.3 is 9.47 Å². The summed E-state index contributed by atoms with van der Waals surface area (Å²) >= 11 is 0. The summed E-state index contributed by atoms with van der Waals surface area (Å²) < 4.78 is 10.3. The van der Waals surface area contributed by atoms with Crippen molar-refractivity contribution in [2.75, 3.05) is 13.4 Å². The van der Waals surface area contributed by atoms with Gasteiger partial charge in [0.2, 0.25) is 0 Å². The molecule has 0 aromatic carbocycles. The van der Waals surface area contributed by atoms with E-state index in [1.165, 1.54) is 0 Å². The van der Waals surface area contributed by atoms with Gasteiger partial charge in [-0.1, -0.05) is 6.08 Å². The molecule has 2 heteroatoms. The third-order valence-electron chi connectivity index (χ3n) is 0.811. The Kier molecular flexibility index (Phi) is 4.32. The molecule has 0 unspecified atom stereocenters. The molecule has 0 aromatic heterocycles. The molecule has 0 saturated carbocycles. The highest BCUT2D eigenvalue weighted by molar-refractivity contribution is 4.63. The average molecular weight is 144 g/mol. The van der Waals surface area contributed by atoms with Crippen LogP contribution < -0.4 is 0 Å². The third-order valence-corrected chi connectivity index (χ3v) is 0.811. The lowest BCUT2D eigenvalue weighted by atomic mass is 10.2. The minimum atomic E-state index is -0.110. The van der Waals surface area contributed by atoms with Crippen LogP contribution in [0.15, 0.2) is 12.7 Å². The van der Waals surface area contributed by atoms with Gasteiger partial charge in [-0.3, -0.25) is 0 Å². The van der Waals surface area contributed by atoms with Crippen molar-refractivity contribution in [3.8, 4) is 0 Å². The quantitative estimate of drug-likeness (QED) is 0.341. The summed E-state index contributed by atoms with van der Waals surface area (Å²) in [5.41, 5.74) is -0.110. The molecule has 0 bridgehead atoms. The third kappa shape index (κ3) is 7.66. The van der Waals surface area contributed by atoms with Gasteiger partial charge in [-0.05, 0) is 20.8 Å². The van der Waals surface area contributed by atoms with Gasteiger partial charge in [-0.15, -0.1) is 6.58 Å². The molecule has 0 spiro atoms. The van der Waals surface area contributed by atoms with Crippen molar-refractivity contribution in [1.29, 1.82) is 0 Å². The Morgan fingerprint density at radius 1 is 1.40 bits per heavy atom. The first-order valence-corrected chi connectivity index (χ1v) is 3.39.